The van der Waals surface area contributed by atoms with Crippen molar-refractivity contribution in [2.75, 3.05) is 18.3 Å². The van der Waals surface area contributed by atoms with E-state index in [1.165, 1.54) is 17.5 Å². The Hall–Kier alpha value is -1.44. The van der Waals surface area contributed by atoms with Gasteiger partial charge in [0.1, 0.15) is 4.21 Å². The van der Waals surface area contributed by atoms with Crippen molar-refractivity contribution < 1.29 is 8.42 Å². The number of thiophene rings is 1. The fourth-order valence-corrected chi connectivity index (χ4v) is 3.91. The molecule has 0 amide bonds. The van der Waals surface area contributed by atoms with E-state index in [4.69, 9.17) is 0 Å². The second-order valence-corrected chi connectivity index (χ2v) is 7.00. The lowest BCUT2D eigenvalue weighted by molar-refractivity contribution is 0.603. The zero-order chi connectivity index (χ0) is 13.7. The fraction of sp³-hybridized carbons (Fsp3) is 0.250. The highest BCUT2D eigenvalue weighted by atomic mass is 32.2. The lowest BCUT2D eigenvalue weighted by Gasteiger charge is -2.04. The number of hydrogen-bond donors (Lipinski definition) is 2. The molecule has 0 radical (unpaired) electrons. The van der Waals surface area contributed by atoms with E-state index in [1.54, 1.807) is 24.4 Å². The Labute approximate surface area is 116 Å². The van der Waals surface area contributed by atoms with Gasteiger partial charge in [0.05, 0.1) is 11.9 Å². The predicted octanol–water partition coefficient (Wildman–Crippen LogP) is 1.71. The van der Waals surface area contributed by atoms with Crippen LogP contribution in [0.15, 0.2) is 40.9 Å². The van der Waals surface area contributed by atoms with E-state index in [2.05, 4.69) is 15.0 Å². The molecule has 0 atom stereocenters. The van der Waals surface area contributed by atoms with Gasteiger partial charge in [-0.2, -0.15) is 0 Å². The van der Waals surface area contributed by atoms with E-state index >= 15 is 0 Å². The first-order valence-corrected chi connectivity index (χ1v) is 8.08. The third-order valence-corrected chi connectivity index (χ3v) is 5.46. The zero-order valence-electron chi connectivity index (χ0n) is 10.5. The quantitative estimate of drug-likeness (QED) is 0.851. The van der Waals surface area contributed by atoms with Gasteiger partial charge in [0.25, 0.3) is 10.0 Å². The standard InChI is InChI=1S/C12H15N3O2S2/c1-13-8-6-11-4-5-12(18-11)19(16,17)15-10-3-2-7-14-9-10/h2-5,7,9,13,15H,6,8H2,1H3. The summed E-state index contributed by atoms with van der Waals surface area (Å²) in [6, 6.07) is 6.83. The third kappa shape index (κ3) is 3.76. The van der Waals surface area contributed by atoms with E-state index in [0.29, 0.717) is 9.90 Å². The van der Waals surface area contributed by atoms with Crippen LogP contribution in [0.1, 0.15) is 4.88 Å². The molecule has 2 heterocycles. The predicted molar refractivity (Wildman–Crippen MR) is 77.0 cm³/mol. The topological polar surface area (TPSA) is 71.1 Å². The molecule has 2 N–H and O–H groups in total. The molecule has 0 saturated heterocycles. The zero-order valence-corrected chi connectivity index (χ0v) is 12.1. The van der Waals surface area contributed by atoms with Gasteiger partial charge in [-0.25, -0.2) is 8.42 Å². The van der Waals surface area contributed by atoms with E-state index < -0.39 is 10.0 Å². The van der Waals surface area contributed by atoms with E-state index in [0.717, 1.165) is 17.8 Å². The van der Waals surface area contributed by atoms with Crippen LogP contribution in [0.25, 0.3) is 0 Å². The van der Waals surface area contributed by atoms with Crippen molar-refractivity contribution in [1.29, 1.82) is 0 Å². The molecule has 2 rings (SSSR count). The van der Waals surface area contributed by atoms with Gasteiger partial charge in [0, 0.05) is 11.1 Å². The summed E-state index contributed by atoms with van der Waals surface area (Å²) in [4.78, 5) is 4.92. The molecule has 5 nitrogen and oxygen atoms in total. The number of hydrogen-bond acceptors (Lipinski definition) is 5. The fourth-order valence-electron chi connectivity index (χ4n) is 1.51. The van der Waals surface area contributed by atoms with Crippen molar-refractivity contribution in [3.8, 4) is 0 Å². The first-order valence-electron chi connectivity index (χ1n) is 5.78. The average molecular weight is 297 g/mol. The molecule has 0 aliphatic rings. The summed E-state index contributed by atoms with van der Waals surface area (Å²) in [7, 11) is -1.64. The van der Waals surface area contributed by atoms with Gasteiger partial charge in [-0.1, -0.05) is 0 Å². The Balaban J connectivity index is 2.13. The molecule has 0 aliphatic carbocycles. The summed E-state index contributed by atoms with van der Waals surface area (Å²) in [5, 5.41) is 3.04. The normalized spacial score (nSPS) is 11.4. The smallest absolute Gasteiger partial charge is 0.271 e. The maximum atomic E-state index is 12.1. The summed E-state index contributed by atoms with van der Waals surface area (Å²) in [6.07, 6.45) is 3.90. The van der Waals surface area contributed by atoms with Crippen molar-refractivity contribution >= 4 is 27.0 Å². The van der Waals surface area contributed by atoms with Gasteiger partial charge in [0.15, 0.2) is 0 Å². The van der Waals surface area contributed by atoms with Crippen molar-refractivity contribution in [3.63, 3.8) is 0 Å². The maximum absolute atomic E-state index is 12.1. The summed E-state index contributed by atoms with van der Waals surface area (Å²) >= 11 is 1.29. The average Bonchev–Trinajstić information content (AvgIpc) is 2.86. The number of nitrogens with one attached hydrogen (secondary N) is 2. The molecule has 2 aromatic rings. The second kappa shape index (κ2) is 6.14. The van der Waals surface area contributed by atoms with Crippen LogP contribution in [0.3, 0.4) is 0 Å². The first kappa shape index (κ1) is 14.0. The molecule has 0 aromatic carbocycles. The Morgan fingerprint density at radius 1 is 1.32 bits per heavy atom. The van der Waals surface area contributed by atoms with Crippen LogP contribution in [0.4, 0.5) is 5.69 Å². The molecule has 0 spiro atoms. The van der Waals surface area contributed by atoms with Gasteiger partial charge < -0.3 is 5.32 Å². The van der Waals surface area contributed by atoms with Gasteiger partial charge in [0.2, 0.25) is 0 Å². The Morgan fingerprint density at radius 3 is 2.84 bits per heavy atom. The van der Waals surface area contributed by atoms with E-state index in [9.17, 15) is 8.42 Å². The molecular formula is C12H15N3O2S2. The molecular weight excluding hydrogens is 282 g/mol. The van der Waals surface area contributed by atoms with Gasteiger partial charge in [-0.05, 0) is 44.3 Å². The van der Waals surface area contributed by atoms with Crippen LogP contribution in [-0.4, -0.2) is 27.0 Å². The highest BCUT2D eigenvalue weighted by Crippen LogP contribution is 2.24. The molecule has 0 saturated carbocycles. The van der Waals surface area contributed by atoms with Crippen LogP contribution in [0.5, 0.6) is 0 Å². The molecule has 7 heteroatoms. The molecule has 0 fully saturated rings. The minimum absolute atomic E-state index is 0.322. The lowest BCUT2D eigenvalue weighted by Crippen LogP contribution is -2.11. The molecule has 2 aromatic heterocycles. The van der Waals surface area contributed by atoms with Crippen molar-refractivity contribution in [1.82, 2.24) is 10.3 Å². The summed E-state index contributed by atoms with van der Waals surface area (Å²) in [6.45, 7) is 0.829. The van der Waals surface area contributed by atoms with Crippen molar-refractivity contribution in [2.24, 2.45) is 0 Å². The lowest BCUT2D eigenvalue weighted by atomic mass is 10.3. The van der Waals surface area contributed by atoms with Crippen LogP contribution in [-0.2, 0) is 16.4 Å². The molecule has 0 unspecified atom stereocenters. The summed E-state index contributed by atoms with van der Waals surface area (Å²) in [5.74, 6) is 0. The molecule has 19 heavy (non-hydrogen) atoms. The molecule has 0 bridgehead atoms. The second-order valence-electron chi connectivity index (χ2n) is 3.92. The van der Waals surface area contributed by atoms with E-state index in [-0.39, 0.29) is 0 Å². The first-order chi connectivity index (χ1) is 9.12. The number of rotatable bonds is 6. The maximum Gasteiger partial charge on any atom is 0.271 e. The van der Waals surface area contributed by atoms with Crippen molar-refractivity contribution in [3.05, 3.63) is 41.5 Å². The highest BCUT2D eigenvalue weighted by molar-refractivity contribution is 7.94. The van der Waals surface area contributed by atoms with Crippen LogP contribution < -0.4 is 10.0 Å². The number of nitrogens with zero attached hydrogens (tertiary/aromatic N) is 1. The number of likely N-dealkylation sites (N-methyl/N-ethyl adjacent to an activating group) is 1. The largest absolute Gasteiger partial charge is 0.319 e. The monoisotopic (exact) mass is 297 g/mol. The molecule has 102 valence electrons. The highest BCUT2D eigenvalue weighted by Gasteiger charge is 2.16. The van der Waals surface area contributed by atoms with Crippen LogP contribution >= 0.6 is 11.3 Å². The number of aromatic nitrogens is 1. The van der Waals surface area contributed by atoms with E-state index in [1.807, 2.05) is 13.1 Å². The summed E-state index contributed by atoms with van der Waals surface area (Å²) in [5.41, 5.74) is 0.465. The molecule has 0 aliphatic heterocycles. The van der Waals surface area contributed by atoms with Gasteiger partial charge in [-0.3, -0.25) is 9.71 Å². The Kier molecular flexibility index (Phi) is 4.52. The van der Waals surface area contributed by atoms with Crippen LogP contribution in [0, 0.1) is 0 Å². The van der Waals surface area contributed by atoms with Gasteiger partial charge in [-0.15, -0.1) is 11.3 Å². The summed E-state index contributed by atoms with van der Waals surface area (Å²) < 4.78 is 27.1. The minimum Gasteiger partial charge on any atom is -0.319 e. The van der Waals surface area contributed by atoms with Crippen LogP contribution in [0.2, 0.25) is 0 Å². The van der Waals surface area contributed by atoms with Crippen molar-refractivity contribution in [2.45, 2.75) is 10.6 Å². The van der Waals surface area contributed by atoms with Gasteiger partial charge >= 0.3 is 0 Å². The third-order valence-electron chi connectivity index (χ3n) is 2.44. The Bertz CT molecular complexity index is 623. The number of sulfonamides is 1. The number of pyridine rings is 1. The minimum atomic E-state index is -3.51. The SMILES string of the molecule is CNCCc1ccc(S(=O)(=O)Nc2cccnc2)s1. The Morgan fingerprint density at radius 2 is 2.16 bits per heavy atom. The number of anilines is 1.